The minimum absolute atomic E-state index is 0.0763. The SMILES string of the molecule is C=CC1CC(=O)N(CC2CCCN2C(=O)OC(C)(C)C)C1. The van der Waals surface area contributed by atoms with Gasteiger partial charge in [0, 0.05) is 32.0 Å². The van der Waals surface area contributed by atoms with E-state index in [-0.39, 0.29) is 24.0 Å². The van der Waals surface area contributed by atoms with E-state index in [4.69, 9.17) is 4.74 Å². The Kier molecular flexibility index (Phi) is 4.59. The molecule has 5 nitrogen and oxygen atoms in total. The van der Waals surface area contributed by atoms with Crippen LogP contribution in [-0.4, -0.2) is 53.1 Å². The molecule has 0 bridgehead atoms. The van der Waals surface area contributed by atoms with Crippen LogP contribution in [0.1, 0.15) is 40.0 Å². The van der Waals surface area contributed by atoms with Crippen LogP contribution < -0.4 is 0 Å². The van der Waals surface area contributed by atoms with E-state index in [1.165, 1.54) is 0 Å². The number of amides is 2. The van der Waals surface area contributed by atoms with Crippen LogP contribution in [0.3, 0.4) is 0 Å². The van der Waals surface area contributed by atoms with E-state index in [1.807, 2.05) is 31.7 Å². The Bertz CT molecular complexity index is 428. The van der Waals surface area contributed by atoms with Gasteiger partial charge in [-0.3, -0.25) is 4.79 Å². The van der Waals surface area contributed by atoms with E-state index in [0.717, 1.165) is 19.4 Å². The largest absolute Gasteiger partial charge is 0.444 e. The van der Waals surface area contributed by atoms with Gasteiger partial charge >= 0.3 is 6.09 Å². The zero-order chi connectivity index (χ0) is 15.6. The number of carbonyl (C=O) groups is 2. The molecule has 5 heteroatoms. The molecule has 0 aromatic rings. The molecule has 2 heterocycles. The maximum absolute atomic E-state index is 12.2. The molecular formula is C16H26N2O3. The maximum atomic E-state index is 12.2. The molecule has 2 atom stereocenters. The lowest BCUT2D eigenvalue weighted by atomic mass is 10.1. The van der Waals surface area contributed by atoms with Crippen LogP contribution in [-0.2, 0) is 9.53 Å². The molecule has 2 saturated heterocycles. The van der Waals surface area contributed by atoms with Crippen molar-refractivity contribution in [2.24, 2.45) is 5.92 Å². The molecular weight excluding hydrogens is 268 g/mol. The number of carbonyl (C=O) groups excluding carboxylic acids is 2. The fourth-order valence-corrected chi connectivity index (χ4v) is 2.98. The van der Waals surface area contributed by atoms with Crippen molar-refractivity contribution in [3.63, 3.8) is 0 Å². The molecule has 21 heavy (non-hydrogen) atoms. The van der Waals surface area contributed by atoms with Crippen LogP contribution in [0, 0.1) is 5.92 Å². The molecule has 2 aliphatic rings. The van der Waals surface area contributed by atoms with Gasteiger partial charge in [0.25, 0.3) is 0 Å². The van der Waals surface area contributed by atoms with Gasteiger partial charge in [0.1, 0.15) is 5.60 Å². The first-order valence-electron chi connectivity index (χ1n) is 7.70. The number of ether oxygens (including phenoxy) is 1. The fourth-order valence-electron chi connectivity index (χ4n) is 2.98. The molecule has 2 unspecified atom stereocenters. The van der Waals surface area contributed by atoms with E-state index < -0.39 is 5.60 Å². The Morgan fingerprint density at radius 2 is 2.19 bits per heavy atom. The summed E-state index contributed by atoms with van der Waals surface area (Å²) in [6, 6.07) is 0.0763. The lowest BCUT2D eigenvalue weighted by molar-refractivity contribution is -0.128. The lowest BCUT2D eigenvalue weighted by Crippen LogP contribution is -2.45. The van der Waals surface area contributed by atoms with Gasteiger partial charge in [-0.05, 0) is 33.6 Å². The number of rotatable bonds is 3. The summed E-state index contributed by atoms with van der Waals surface area (Å²) in [5, 5.41) is 0. The summed E-state index contributed by atoms with van der Waals surface area (Å²) in [6.07, 6.45) is 4.02. The molecule has 0 N–H and O–H groups in total. The van der Waals surface area contributed by atoms with Crippen molar-refractivity contribution in [3.05, 3.63) is 12.7 Å². The summed E-state index contributed by atoms with van der Waals surface area (Å²) in [4.78, 5) is 27.8. The predicted molar refractivity (Wildman–Crippen MR) is 80.8 cm³/mol. The molecule has 0 aromatic carbocycles. The van der Waals surface area contributed by atoms with Crippen LogP contribution in [0.15, 0.2) is 12.7 Å². The van der Waals surface area contributed by atoms with Crippen molar-refractivity contribution < 1.29 is 14.3 Å². The molecule has 0 aromatic heterocycles. The lowest BCUT2D eigenvalue weighted by Gasteiger charge is -2.30. The first-order chi connectivity index (χ1) is 9.80. The summed E-state index contributed by atoms with van der Waals surface area (Å²) in [6.45, 7) is 11.4. The van der Waals surface area contributed by atoms with Crippen LogP contribution in [0.25, 0.3) is 0 Å². The highest BCUT2D eigenvalue weighted by atomic mass is 16.6. The fraction of sp³-hybridized carbons (Fsp3) is 0.750. The van der Waals surface area contributed by atoms with Gasteiger partial charge in [-0.2, -0.15) is 0 Å². The molecule has 0 radical (unpaired) electrons. The highest BCUT2D eigenvalue weighted by molar-refractivity contribution is 5.79. The van der Waals surface area contributed by atoms with Crippen molar-refractivity contribution in [1.82, 2.24) is 9.80 Å². The van der Waals surface area contributed by atoms with Crippen molar-refractivity contribution in [3.8, 4) is 0 Å². The van der Waals surface area contributed by atoms with Crippen molar-refractivity contribution in [2.75, 3.05) is 19.6 Å². The second-order valence-corrected chi connectivity index (χ2v) is 6.97. The maximum Gasteiger partial charge on any atom is 0.410 e. The number of likely N-dealkylation sites (tertiary alicyclic amines) is 2. The number of hydrogen-bond acceptors (Lipinski definition) is 3. The Labute approximate surface area is 126 Å². The topological polar surface area (TPSA) is 49.9 Å². The van der Waals surface area contributed by atoms with Crippen molar-refractivity contribution in [1.29, 1.82) is 0 Å². The van der Waals surface area contributed by atoms with E-state index in [2.05, 4.69) is 6.58 Å². The van der Waals surface area contributed by atoms with Gasteiger partial charge < -0.3 is 14.5 Å². The standard InChI is InChI=1S/C16H26N2O3/c1-5-12-9-14(19)17(10-12)11-13-7-6-8-18(13)15(20)21-16(2,3)4/h5,12-13H,1,6-11H2,2-4H3. The molecule has 0 aliphatic carbocycles. The molecule has 2 rings (SSSR count). The summed E-state index contributed by atoms with van der Waals surface area (Å²) in [5.41, 5.74) is -0.485. The summed E-state index contributed by atoms with van der Waals surface area (Å²) in [5.74, 6) is 0.407. The third kappa shape index (κ3) is 3.99. The minimum Gasteiger partial charge on any atom is -0.444 e. The zero-order valence-electron chi connectivity index (χ0n) is 13.3. The second-order valence-electron chi connectivity index (χ2n) is 6.97. The molecule has 0 spiro atoms. The highest BCUT2D eigenvalue weighted by Crippen LogP contribution is 2.25. The molecule has 0 saturated carbocycles. The summed E-state index contributed by atoms with van der Waals surface area (Å²) < 4.78 is 5.45. The van der Waals surface area contributed by atoms with Crippen molar-refractivity contribution >= 4 is 12.0 Å². The second kappa shape index (κ2) is 6.08. The number of hydrogen-bond donors (Lipinski definition) is 0. The van der Waals surface area contributed by atoms with Gasteiger partial charge in [-0.1, -0.05) is 6.08 Å². The van der Waals surface area contributed by atoms with Gasteiger partial charge in [-0.25, -0.2) is 4.79 Å². The quantitative estimate of drug-likeness (QED) is 0.751. The summed E-state index contributed by atoms with van der Waals surface area (Å²) in [7, 11) is 0. The van der Waals surface area contributed by atoms with Crippen molar-refractivity contribution in [2.45, 2.75) is 51.7 Å². The van der Waals surface area contributed by atoms with Crippen LogP contribution in [0.4, 0.5) is 4.79 Å². The Morgan fingerprint density at radius 3 is 2.76 bits per heavy atom. The molecule has 2 fully saturated rings. The Balaban J connectivity index is 1.95. The minimum atomic E-state index is -0.485. The first kappa shape index (κ1) is 15.9. The highest BCUT2D eigenvalue weighted by Gasteiger charge is 2.36. The van der Waals surface area contributed by atoms with E-state index in [1.54, 1.807) is 4.90 Å². The predicted octanol–water partition coefficient (Wildman–Crippen LogP) is 2.42. The molecule has 2 aliphatic heterocycles. The third-order valence-corrected chi connectivity index (χ3v) is 4.01. The molecule has 118 valence electrons. The van der Waals surface area contributed by atoms with E-state index in [9.17, 15) is 9.59 Å². The van der Waals surface area contributed by atoms with E-state index in [0.29, 0.717) is 19.5 Å². The smallest absolute Gasteiger partial charge is 0.410 e. The Morgan fingerprint density at radius 1 is 1.48 bits per heavy atom. The van der Waals surface area contributed by atoms with Gasteiger partial charge in [0.05, 0.1) is 6.04 Å². The molecule has 2 amide bonds. The van der Waals surface area contributed by atoms with Crippen LogP contribution in [0.2, 0.25) is 0 Å². The van der Waals surface area contributed by atoms with Crippen LogP contribution in [0.5, 0.6) is 0 Å². The van der Waals surface area contributed by atoms with Gasteiger partial charge in [0.2, 0.25) is 5.91 Å². The van der Waals surface area contributed by atoms with Gasteiger partial charge in [0.15, 0.2) is 0 Å². The normalized spacial score (nSPS) is 26.3. The first-order valence-corrected chi connectivity index (χ1v) is 7.70. The Hall–Kier alpha value is -1.52. The third-order valence-electron chi connectivity index (χ3n) is 4.01. The average molecular weight is 294 g/mol. The van der Waals surface area contributed by atoms with Crippen LogP contribution >= 0.6 is 0 Å². The number of nitrogens with zero attached hydrogens (tertiary/aromatic N) is 2. The zero-order valence-corrected chi connectivity index (χ0v) is 13.3. The summed E-state index contributed by atoms with van der Waals surface area (Å²) >= 11 is 0. The van der Waals surface area contributed by atoms with E-state index >= 15 is 0 Å². The van der Waals surface area contributed by atoms with Gasteiger partial charge in [-0.15, -0.1) is 6.58 Å². The average Bonchev–Trinajstić information content (AvgIpc) is 2.95. The monoisotopic (exact) mass is 294 g/mol.